The molecule has 0 saturated heterocycles. The Morgan fingerprint density at radius 1 is 1.25 bits per heavy atom. The lowest BCUT2D eigenvalue weighted by atomic mass is 10.1. The molecule has 1 atom stereocenters. The van der Waals surface area contributed by atoms with Gasteiger partial charge in [-0.25, -0.2) is 12.7 Å². The van der Waals surface area contributed by atoms with Crippen molar-refractivity contribution in [2.45, 2.75) is 38.0 Å². The van der Waals surface area contributed by atoms with Gasteiger partial charge in [-0.2, -0.15) is 0 Å². The lowest BCUT2D eigenvalue weighted by Crippen LogP contribution is -2.31. The fourth-order valence-corrected chi connectivity index (χ4v) is 3.27. The summed E-state index contributed by atoms with van der Waals surface area (Å²) in [7, 11) is -1.73. The van der Waals surface area contributed by atoms with Gasteiger partial charge in [-0.3, -0.25) is 0 Å². The second-order valence-electron chi connectivity index (χ2n) is 5.34. The van der Waals surface area contributed by atoms with Crippen LogP contribution in [0.5, 0.6) is 0 Å². The molecule has 0 aliphatic heterocycles. The molecule has 0 spiro atoms. The molecule has 0 aliphatic carbocycles. The smallest absolute Gasteiger partial charge is 0.242 e. The van der Waals surface area contributed by atoms with Crippen LogP contribution in [0.15, 0.2) is 29.2 Å². The minimum absolute atomic E-state index is 0.360. The van der Waals surface area contributed by atoms with Crippen LogP contribution in [0, 0.1) is 5.92 Å². The predicted molar refractivity (Wildman–Crippen MR) is 83.1 cm³/mol. The van der Waals surface area contributed by atoms with Crippen molar-refractivity contribution in [3.63, 3.8) is 0 Å². The third kappa shape index (κ3) is 4.58. The van der Waals surface area contributed by atoms with E-state index in [9.17, 15) is 8.42 Å². The Bertz CT molecular complexity index is 497. The number of hydrogen-bond acceptors (Lipinski definition) is 3. The quantitative estimate of drug-likeness (QED) is 0.800. The minimum atomic E-state index is -3.37. The molecular weight excluding hydrogens is 272 g/mol. The van der Waals surface area contributed by atoms with Crippen molar-refractivity contribution >= 4 is 10.0 Å². The molecule has 0 aromatic heterocycles. The standard InChI is InChI=1S/C15H26N2O2S/c1-4-13(2)12-17(3)20(18,19)15-9-7-14(8-10-15)6-5-11-16/h7-10,13H,4-6,11-12,16H2,1-3H3. The van der Waals surface area contributed by atoms with Crippen molar-refractivity contribution in [1.82, 2.24) is 4.31 Å². The number of sulfonamides is 1. The molecule has 1 unspecified atom stereocenters. The zero-order valence-corrected chi connectivity index (χ0v) is 13.5. The topological polar surface area (TPSA) is 63.4 Å². The molecule has 0 heterocycles. The van der Waals surface area contributed by atoms with Gasteiger partial charge in [-0.15, -0.1) is 0 Å². The van der Waals surface area contributed by atoms with Crippen molar-refractivity contribution < 1.29 is 8.42 Å². The van der Waals surface area contributed by atoms with E-state index >= 15 is 0 Å². The number of nitrogens with zero attached hydrogens (tertiary/aromatic N) is 1. The Labute approximate surface area is 123 Å². The molecule has 0 fully saturated rings. The molecule has 4 nitrogen and oxygen atoms in total. The largest absolute Gasteiger partial charge is 0.330 e. The van der Waals surface area contributed by atoms with E-state index in [1.807, 2.05) is 12.1 Å². The number of benzene rings is 1. The summed E-state index contributed by atoms with van der Waals surface area (Å²) in [4.78, 5) is 0.361. The third-order valence-electron chi connectivity index (χ3n) is 3.57. The summed E-state index contributed by atoms with van der Waals surface area (Å²) in [6.45, 7) is 5.32. The molecule has 0 aliphatic rings. The first kappa shape index (κ1) is 17.1. The number of hydrogen-bond donors (Lipinski definition) is 1. The number of rotatable bonds is 8. The van der Waals surface area contributed by atoms with Crippen molar-refractivity contribution in [3.05, 3.63) is 29.8 Å². The third-order valence-corrected chi connectivity index (χ3v) is 5.40. The summed E-state index contributed by atoms with van der Waals surface area (Å²) < 4.78 is 26.3. The van der Waals surface area contributed by atoms with Crippen LogP contribution >= 0.6 is 0 Å². The summed E-state index contributed by atoms with van der Waals surface area (Å²) in [5.74, 6) is 0.360. The van der Waals surface area contributed by atoms with E-state index in [4.69, 9.17) is 5.73 Å². The van der Waals surface area contributed by atoms with Crippen LogP contribution in [0.1, 0.15) is 32.3 Å². The normalized spacial score (nSPS) is 13.7. The second kappa shape index (κ2) is 7.76. The molecule has 0 amide bonds. The molecule has 20 heavy (non-hydrogen) atoms. The van der Waals surface area contributed by atoms with E-state index in [-0.39, 0.29) is 0 Å². The Hall–Kier alpha value is -0.910. The van der Waals surface area contributed by atoms with Gasteiger partial charge in [0.05, 0.1) is 4.90 Å². The number of aryl methyl sites for hydroxylation is 1. The molecule has 0 saturated carbocycles. The molecular formula is C15H26N2O2S. The fraction of sp³-hybridized carbons (Fsp3) is 0.600. The molecule has 2 N–H and O–H groups in total. The van der Waals surface area contributed by atoms with Crippen LogP contribution in [-0.2, 0) is 16.4 Å². The summed E-state index contributed by atoms with van der Waals surface area (Å²) in [6, 6.07) is 7.13. The van der Waals surface area contributed by atoms with E-state index in [0.717, 1.165) is 24.8 Å². The first-order valence-corrected chi connectivity index (χ1v) is 8.61. The highest BCUT2D eigenvalue weighted by molar-refractivity contribution is 7.89. The van der Waals surface area contributed by atoms with E-state index < -0.39 is 10.0 Å². The first-order valence-electron chi connectivity index (χ1n) is 7.17. The number of nitrogens with two attached hydrogens (primary N) is 1. The molecule has 114 valence electrons. The Morgan fingerprint density at radius 3 is 2.35 bits per heavy atom. The average Bonchev–Trinajstić information content (AvgIpc) is 2.45. The Kier molecular flexibility index (Phi) is 6.65. The monoisotopic (exact) mass is 298 g/mol. The zero-order chi connectivity index (χ0) is 15.2. The van der Waals surface area contributed by atoms with Crippen LogP contribution in [0.3, 0.4) is 0 Å². The zero-order valence-electron chi connectivity index (χ0n) is 12.7. The van der Waals surface area contributed by atoms with Crippen LogP contribution < -0.4 is 5.73 Å². The minimum Gasteiger partial charge on any atom is -0.330 e. The summed E-state index contributed by atoms with van der Waals surface area (Å²) in [5.41, 5.74) is 6.60. The van der Waals surface area contributed by atoms with Gasteiger partial charge in [0.15, 0.2) is 0 Å². The van der Waals surface area contributed by atoms with Gasteiger partial charge in [-0.1, -0.05) is 32.4 Å². The second-order valence-corrected chi connectivity index (χ2v) is 7.38. The molecule has 1 aromatic carbocycles. The van der Waals surface area contributed by atoms with Gasteiger partial charge in [0.2, 0.25) is 10.0 Å². The van der Waals surface area contributed by atoms with Crippen molar-refractivity contribution in [2.75, 3.05) is 20.1 Å². The maximum atomic E-state index is 12.4. The van der Waals surface area contributed by atoms with Crippen LogP contribution in [0.25, 0.3) is 0 Å². The maximum Gasteiger partial charge on any atom is 0.242 e. The summed E-state index contributed by atoms with van der Waals surface area (Å²) in [6.07, 6.45) is 2.78. The Morgan fingerprint density at radius 2 is 1.85 bits per heavy atom. The van der Waals surface area contributed by atoms with Crippen LogP contribution in [0.4, 0.5) is 0 Å². The molecule has 0 radical (unpaired) electrons. The first-order chi connectivity index (χ1) is 9.41. The Balaban J connectivity index is 2.81. The summed E-state index contributed by atoms with van der Waals surface area (Å²) in [5, 5.41) is 0. The van der Waals surface area contributed by atoms with Gasteiger partial charge >= 0.3 is 0 Å². The molecule has 1 aromatic rings. The maximum absolute atomic E-state index is 12.4. The van der Waals surface area contributed by atoms with Crippen molar-refractivity contribution in [2.24, 2.45) is 11.7 Å². The highest BCUT2D eigenvalue weighted by Crippen LogP contribution is 2.17. The summed E-state index contributed by atoms with van der Waals surface area (Å²) >= 11 is 0. The van der Waals surface area contributed by atoms with Crippen LogP contribution in [0.2, 0.25) is 0 Å². The van der Waals surface area contributed by atoms with Gasteiger partial charge in [0.25, 0.3) is 0 Å². The highest BCUT2D eigenvalue weighted by atomic mass is 32.2. The van der Waals surface area contributed by atoms with E-state index in [2.05, 4.69) is 13.8 Å². The van der Waals surface area contributed by atoms with Crippen LogP contribution in [-0.4, -0.2) is 32.9 Å². The van der Waals surface area contributed by atoms with Gasteiger partial charge in [-0.05, 0) is 43.0 Å². The predicted octanol–water partition coefficient (Wildman–Crippen LogP) is 2.24. The average molecular weight is 298 g/mol. The SMILES string of the molecule is CCC(C)CN(C)S(=O)(=O)c1ccc(CCCN)cc1. The highest BCUT2D eigenvalue weighted by Gasteiger charge is 2.21. The van der Waals surface area contributed by atoms with E-state index in [1.54, 1.807) is 19.2 Å². The van der Waals surface area contributed by atoms with Gasteiger partial charge in [0, 0.05) is 13.6 Å². The molecule has 0 bridgehead atoms. The van der Waals surface area contributed by atoms with E-state index in [1.165, 1.54) is 4.31 Å². The van der Waals surface area contributed by atoms with Gasteiger partial charge < -0.3 is 5.73 Å². The lowest BCUT2D eigenvalue weighted by Gasteiger charge is -2.20. The van der Waals surface area contributed by atoms with Crippen molar-refractivity contribution in [1.29, 1.82) is 0 Å². The van der Waals surface area contributed by atoms with Crippen molar-refractivity contribution in [3.8, 4) is 0 Å². The molecule has 5 heteroatoms. The molecule has 1 rings (SSSR count). The lowest BCUT2D eigenvalue weighted by molar-refractivity contribution is 0.393. The van der Waals surface area contributed by atoms with Gasteiger partial charge in [0.1, 0.15) is 0 Å². The van der Waals surface area contributed by atoms with E-state index in [0.29, 0.717) is 23.9 Å². The fourth-order valence-electron chi connectivity index (χ4n) is 1.98.